The summed E-state index contributed by atoms with van der Waals surface area (Å²) in [5, 5.41) is 10.8. The minimum absolute atomic E-state index is 0.303. The van der Waals surface area contributed by atoms with E-state index in [1.165, 1.54) is 10.7 Å². The molecule has 9 heteroatoms. The van der Waals surface area contributed by atoms with E-state index in [-0.39, 0.29) is 5.91 Å². The number of anilines is 2. The highest BCUT2D eigenvalue weighted by molar-refractivity contribution is 6.06. The number of para-hydroxylation sites is 1. The number of hydrogen-bond donors (Lipinski definition) is 2. The largest absolute Gasteiger partial charge is 0.497 e. The van der Waals surface area contributed by atoms with Crippen molar-refractivity contribution in [1.29, 1.82) is 0 Å². The summed E-state index contributed by atoms with van der Waals surface area (Å²) in [5.41, 5.74) is 2.46. The van der Waals surface area contributed by atoms with Gasteiger partial charge in [0.1, 0.15) is 23.4 Å². The Balaban J connectivity index is 1.63. The molecule has 1 aliphatic heterocycles. The zero-order valence-electron chi connectivity index (χ0n) is 19.9. The van der Waals surface area contributed by atoms with Crippen molar-refractivity contribution in [3.05, 3.63) is 95.4 Å². The maximum atomic E-state index is 15.1. The number of benzene rings is 3. The van der Waals surface area contributed by atoms with Gasteiger partial charge in [0, 0.05) is 28.6 Å². The number of aromatic nitrogens is 3. The molecule has 1 aliphatic rings. The maximum absolute atomic E-state index is 15.1. The van der Waals surface area contributed by atoms with Crippen LogP contribution in [0.15, 0.2) is 84.1 Å². The van der Waals surface area contributed by atoms with E-state index in [4.69, 9.17) is 14.6 Å². The van der Waals surface area contributed by atoms with E-state index >= 15 is 4.39 Å². The van der Waals surface area contributed by atoms with Crippen molar-refractivity contribution < 1.29 is 18.7 Å². The SMILES string of the molecule is COc1cc(OC)cc(-c2nc3n(n2)C(c2ccccc2F)C(C(=O)Nc2ccccc2)=C(C)N3)c1. The third-order valence-electron chi connectivity index (χ3n) is 5.94. The summed E-state index contributed by atoms with van der Waals surface area (Å²) in [7, 11) is 3.12. The summed E-state index contributed by atoms with van der Waals surface area (Å²) in [6.07, 6.45) is 0. The van der Waals surface area contributed by atoms with Gasteiger partial charge in [0.2, 0.25) is 5.95 Å². The summed E-state index contributed by atoms with van der Waals surface area (Å²) < 4.78 is 27.4. The van der Waals surface area contributed by atoms with E-state index in [2.05, 4.69) is 15.6 Å². The number of methoxy groups -OCH3 is 2. The number of allylic oxidation sites excluding steroid dienone is 1. The van der Waals surface area contributed by atoms with Crippen molar-refractivity contribution in [3.63, 3.8) is 0 Å². The third-order valence-corrected chi connectivity index (χ3v) is 5.94. The summed E-state index contributed by atoms with van der Waals surface area (Å²) >= 11 is 0. The molecule has 0 spiro atoms. The molecule has 3 aromatic carbocycles. The average molecular weight is 486 g/mol. The van der Waals surface area contributed by atoms with E-state index in [0.717, 1.165) is 0 Å². The number of carbonyl (C=O) groups excluding carboxylic acids is 1. The van der Waals surface area contributed by atoms with Gasteiger partial charge in [-0.05, 0) is 37.3 Å². The summed E-state index contributed by atoms with van der Waals surface area (Å²) in [5.74, 6) is 1.08. The molecule has 182 valence electrons. The van der Waals surface area contributed by atoms with Gasteiger partial charge in [-0.15, -0.1) is 5.10 Å². The Morgan fingerprint density at radius 3 is 2.33 bits per heavy atom. The molecule has 1 unspecified atom stereocenters. The second-order valence-electron chi connectivity index (χ2n) is 8.21. The highest BCUT2D eigenvalue weighted by Crippen LogP contribution is 2.38. The Bertz CT molecular complexity index is 1440. The predicted octanol–water partition coefficient (Wildman–Crippen LogP) is 5.03. The first-order valence-electron chi connectivity index (χ1n) is 11.3. The molecule has 2 N–H and O–H groups in total. The van der Waals surface area contributed by atoms with Gasteiger partial charge >= 0.3 is 0 Å². The van der Waals surface area contributed by atoms with Crippen LogP contribution in [-0.4, -0.2) is 34.9 Å². The fourth-order valence-corrected chi connectivity index (χ4v) is 4.21. The molecule has 1 aromatic heterocycles. The Morgan fingerprint density at radius 1 is 1.00 bits per heavy atom. The van der Waals surface area contributed by atoms with Crippen LogP contribution in [0.3, 0.4) is 0 Å². The van der Waals surface area contributed by atoms with Crippen LogP contribution < -0.4 is 20.1 Å². The van der Waals surface area contributed by atoms with E-state index in [1.807, 2.05) is 18.2 Å². The second kappa shape index (κ2) is 9.53. The van der Waals surface area contributed by atoms with Crippen LogP contribution in [0.2, 0.25) is 0 Å². The summed E-state index contributed by atoms with van der Waals surface area (Å²) in [4.78, 5) is 18.1. The standard InChI is InChI=1S/C27H24FN5O3/c1-16-23(26(34)30-18-9-5-4-6-10-18)24(21-11-7-8-12-22(21)28)33-27(29-16)31-25(32-33)17-13-19(35-2)15-20(14-17)36-3/h4-15,24H,1-3H3,(H,30,34)(H,29,31,32). The first-order chi connectivity index (χ1) is 17.5. The smallest absolute Gasteiger partial charge is 0.255 e. The lowest BCUT2D eigenvalue weighted by atomic mass is 9.94. The lowest BCUT2D eigenvalue weighted by Crippen LogP contribution is -2.32. The Kier molecular flexibility index (Phi) is 6.12. The third kappa shape index (κ3) is 4.26. The molecule has 36 heavy (non-hydrogen) atoms. The van der Waals surface area contributed by atoms with Crippen LogP contribution >= 0.6 is 0 Å². The van der Waals surface area contributed by atoms with Crippen molar-refractivity contribution in [1.82, 2.24) is 14.8 Å². The van der Waals surface area contributed by atoms with Gasteiger partial charge in [0.25, 0.3) is 5.91 Å². The van der Waals surface area contributed by atoms with Crippen molar-refractivity contribution in [2.75, 3.05) is 24.9 Å². The van der Waals surface area contributed by atoms with Crippen LogP contribution in [0, 0.1) is 5.82 Å². The quantitative estimate of drug-likeness (QED) is 0.398. The zero-order chi connectivity index (χ0) is 25.2. The number of amides is 1. The topological polar surface area (TPSA) is 90.3 Å². The van der Waals surface area contributed by atoms with Gasteiger partial charge in [-0.1, -0.05) is 36.4 Å². The highest BCUT2D eigenvalue weighted by atomic mass is 19.1. The predicted molar refractivity (Wildman–Crippen MR) is 134 cm³/mol. The normalized spacial score (nSPS) is 14.6. The highest BCUT2D eigenvalue weighted by Gasteiger charge is 2.36. The van der Waals surface area contributed by atoms with Gasteiger partial charge < -0.3 is 20.1 Å². The molecule has 2 heterocycles. The molecule has 0 saturated carbocycles. The van der Waals surface area contributed by atoms with Crippen LogP contribution in [-0.2, 0) is 4.79 Å². The van der Waals surface area contributed by atoms with Crippen molar-refractivity contribution >= 4 is 17.5 Å². The zero-order valence-corrected chi connectivity index (χ0v) is 19.9. The van der Waals surface area contributed by atoms with Crippen molar-refractivity contribution in [2.45, 2.75) is 13.0 Å². The number of rotatable bonds is 6. The fourth-order valence-electron chi connectivity index (χ4n) is 4.21. The molecule has 0 radical (unpaired) electrons. The van der Waals surface area contributed by atoms with E-state index in [0.29, 0.717) is 51.4 Å². The summed E-state index contributed by atoms with van der Waals surface area (Å²) in [6, 6.07) is 19.9. The van der Waals surface area contributed by atoms with Crippen LogP contribution in [0.4, 0.5) is 16.0 Å². The molecule has 5 rings (SSSR count). The maximum Gasteiger partial charge on any atom is 0.255 e. The number of nitrogens with zero attached hydrogens (tertiary/aromatic N) is 3. The molecule has 4 aromatic rings. The minimum Gasteiger partial charge on any atom is -0.497 e. The Morgan fingerprint density at radius 2 is 1.67 bits per heavy atom. The van der Waals surface area contributed by atoms with E-state index < -0.39 is 11.9 Å². The number of fused-ring (bicyclic) bond motifs is 1. The number of ether oxygens (including phenoxy) is 2. The second-order valence-corrected chi connectivity index (χ2v) is 8.21. The lowest BCUT2D eigenvalue weighted by Gasteiger charge is -2.28. The number of halogens is 1. The first kappa shape index (κ1) is 23.1. The number of nitrogens with one attached hydrogen (secondary N) is 2. The number of hydrogen-bond acceptors (Lipinski definition) is 6. The van der Waals surface area contributed by atoms with Crippen LogP contribution in [0.25, 0.3) is 11.4 Å². The Hall–Kier alpha value is -4.66. The van der Waals surface area contributed by atoms with Gasteiger partial charge in [-0.2, -0.15) is 4.98 Å². The van der Waals surface area contributed by atoms with E-state index in [9.17, 15) is 4.79 Å². The molecule has 1 atom stereocenters. The summed E-state index contributed by atoms with van der Waals surface area (Å²) in [6.45, 7) is 1.76. The van der Waals surface area contributed by atoms with Crippen molar-refractivity contribution in [2.24, 2.45) is 0 Å². The van der Waals surface area contributed by atoms with Gasteiger partial charge in [-0.3, -0.25) is 4.79 Å². The first-order valence-corrected chi connectivity index (χ1v) is 11.3. The molecule has 0 fully saturated rings. The van der Waals surface area contributed by atoms with Gasteiger partial charge in [-0.25, -0.2) is 9.07 Å². The Labute approximate surface area is 207 Å². The molecule has 1 amide bonds. The van der Waals surface area contributed by atoms with Crippen molar-refractivity contribution in [3.8, 4) is 22.9 Å². The molecule has 0 saturated heterocycles. The minimum atomic E-state index is -0.847. The molecular weight excluding hydrogens is 461 g/mol. The van der Waals surface area contributed by atoms with Crippen LogP contribution in [0.1, 0.15) is 18.5 Å². The molecule has 0 bridgehead atoms. The number of carbonyl (C=O) groups is 1. The fraction of sp³-hybridized carbons (Fsp3) is 0.148. The molecule has 8 nitrogen and oxygen atoms in total. The van der Waals surface area contributed by atoms with Gasteiger partial charge in [0.05, 0.1) is 19.8 Å². The van der Waals surface area contributed by atoms with E-state index in [1.54, 1.807) is 69.7 Å². The molecular formula is C27H24FN5O3. The monoisotopic (exact) mass is 485 g/mol. The van der Waals surface area contributed by atoms with Crippen LogP contribution in [0.5, 0.6) is 11.5 Å². The average Bonchev–Trinajstić information content (AvgIpc) is 3.32. The lowest BCUT2D eigenvalue weighted by molar-refractivity contribution is -0.113. The van der Waals surface area contributed by atoms with Gasteiger partial charge in [0.15, 0.2) is 5.82 Å². The molecule has 0 aliphatic carbocycles.